The molecule has 0 saturated heterocycles. The number of fused-ring (bicyclic) bond motifs is 1. The van der Waals surface area contributed by atoms with Gasteiger partial charge in [0.1, 0.15) is 0 Å². The first kappa shape index (κ1) is 18.7. The van der Waals surface area contributed by atoms with E-state index in [9.17, 15) is 4.79 Å². The van der Waals surface area contributed by atoms with Gasteiger partial charge < -0.3 is 9.47 Å². The van der Waals surface area contributed by atoms with Gasteiger partial charge in [-0.05, 0) is 54.9 Å². The third-order valence-electron chi connectivity index (χ3n) is 3.48. The Labute approximate surface area is 163 Å². The number of ether oxygens (including phenoxy) is 2. The Hall–Kier alpha value is -2.13. The number of benzene rings is 1. The molecule has 1 aromatic carbocycles. The highest BCUT2D eigenvalue weighted by atomic mass is 79.9. The van der Waals surface area contributed by atoms with E-state index in [0.29, 0.717) is 16.7 Å². The van der Waals surface area contributed by atoms with E-state index in [1.807, 2.05) is 19.9 Å². The van der Waals surface area contributed by atoms with E-state index in [1.54, 1.807) is 25.3 Å². The summed E-state index contributed by atoms with van der Waals surface area (Å²) in [4.78, 5) is 20.9. The van der Waals surface area contributed by atoms with Crippen LogP contribution >= 0.6 is 27.7 Å². The van der Waals surface area contributed by atoms with Crippen molar-refractivity contribution < 1.29 is 14.3 Å². The summed E-state index contributed by atoms with van der Waals surface area (Å²) in [5.41, 5.74) is 5.05. The monoisotopic (exact) mass is 436 g/mol. The van der Waals surface area contributed by atoms with E-state index < -0.39 is 0 Å². The molecule has 9 heteroatoms. The summed E-state index contributed by atoms with van der Waals surface area (Å²) >= 11 is 4.74. The molecular weight excluding hydrogens is 420 g/mol. The fourth-order valence-corrected chi connectivity index (χ4v) is 3.54. The van der Waals surface area contributed by atoms with Crippen LogP contribution in [0.1, 0.15) is 23.9 Å². The minimum absolute atomic E-state index is 0.203. The van der Waals surface area contributed by atoms with Gasteiger partial charge in [0.15, 0.2) is 16.7 Å². The first-order valence-electron chi connectivity index (χ1n) is 7.83. The summed E-state index contributed by atoms with van der Waals surface area (Å²) in [6.45, 7) is 5.79. The topological polar surface area (TPSA) is 85.7 Å². The molecular formula is C17H17BrN4O3S. The summed E-state index contributed by atoms with van der Waals surface area (Å²) in [7, 11) is 0. The largest absolute Gasteiger partial charge is 0.454 e. The summed E-state index contributed by atoms with van der Waals surface area (Å²) in [5, 5.41) is 4.22. The fourth-order valence-electron chi connectivity index (χ4n) is 2.25. The Bertz CT molecular complexity index is 855. The van der Waals surface area contributed by atoms with E-state index in [0.717, 1.165) is 21.4 Å². The van der Waals surface area contributed by atoms with Crippen molar-refractivity contribution in [1.82, 2.24) is 15.4 Å². The molecule has 0 unspecified atom stereocenters. The number of halogens is 1. The number of thioether (sulfide) groups is 1. The lowest BCUT2D eigenvalue weighted by atomic mass is 10.2. The van der Waals surface area contributed by atoms with Gasteiger partial charge in [-0.1, -0.05) is 11.8 Å². The molecule has 1 N–H and O–H groups in total. The number of hydrogen-bond donors (Lipinski definition) is 1. The lowest BCUT2D eigenvalue weighted by molar-refractivity contribution is -0.120. The van der Waals surface area contributed by atoms with Crippen LogP contribution in [0.3, 0.4) is 0 Å². The zero-order chi connectivity index (χ0) is 18.7. The SMILES string of the molecule is Cc1cc(C)nc(S[C@@H](C)C(=O)NN=Cc2cc3c(cc2Br)OCO3)n1. The van der Waals surface area contributed by atoms with Crippen LogP contribution in [-0.2, 0) is 4.79 Å². The smallest absolute Gasteiger partial charge is 0.253 e. The highest BCUT2D eigenvalue weighted by Crippen LogP contribution is 2.36. The molecule has 0 saturated carbocycles. The number of nitrogens with zero attached hydrogens (tertiary/aromatic N) is 3. The summed E-state index contributed by atoms with van der Waals surface area (Å²) in [6, 6.07) is 5.49. The maximum absolute atomic E-state index is 12.2. The van der Waals surface area contributed by atoms with Crippen molar-refractivity contribution in [3.63, 3.8) is 0 Å². The second-order valence-electron chi connectivity index (χ2n) is 5.65. The lowest BCUT2D eigenvalue weighted by Crippen LogP contribution is -2.27. The Morgan fingerprint density at radius 1 is 1.27 bits per heavy atom. The summed E-state index contributed by atoms with van der Waals surface area (Å²) in [5.74, 6) is 1.10. The van der Waals surface area contributed by atoms with Crippen LogP contribution in [0.25, 0.3) is 0 Å². The number of amides is 1. The quantitative estimate of drug-likeness (QED) is 0.335. The molecule has 0 fully saturated rings. The second-order valence-corrected chi connectivity index (χ2v) is 7.82. The van der Waals surface area contributed by atoms with Crippen LogP contribution in [-0.4, -0.2) is 34.1 Å². The van der Waals surface area contributed by atoms with Crippen molar-refractivity contribution in [3.05, 3.63) is 39.6 Å². The van der Waals surface area contributed by atoms with Crippen LogP contribution in [0, 0.1) is 13.8 Å². The van der Waals surface area contributed by atoms with Crippen molar-refractivity contribution in [2.24, 2.45) is 5.10 Å². The predicted molar refractivity (Wildman–Crippen MR) is 103 cm³/mol. The Balaban J connectivity index is 1.60. The van der Waals surface area contributed by atoms with Crippen molar-refractivity contribution in [3.8, 4) is 11.5 Å². The molecule has 26 heavy (non-hydrogen) atoms. The fraction of sp³-hybridized carbons (Fsp3) is 0.294. The number of carbonyl (C=O) groups excluding carboxylic acids is 1. The molecule has 7 nitrogen and oxygen atoms in total. The molecule has 0 spiro atoms. The van der Waals surface area contributed by atoms with Crippen molar-refractivity contribution >= 4 is 39.8 Å². The lowest BCUT2D eigenvalue weighted by Gasteiger charge is -2.09. The summed E-state index contributed by atoms with van der Waals surface area (Å²) in [6.07, 6.45) is 1.55. The van der Waals surface area contributed by atoms with Crippen LogP contribution in [0.2, 0.25) is 0 Å². The van der Waals surface area contributed by atoms with Crippen LogP contribution in [0.4, 0.5) is 0 Å². The van der Waals surface area contributed by atoms with Crippen LogP contribution in [0.15, 0.2) is 32.9 Å². The van der Waals surface area contributed by atoms with E-state index in [-0.39, 0.29) is 18.0 Å². The number of aryl methyl sites for hydroxylation is 2. The average molecular weight is 437 g/mol. The molecule has 0 bridgehead atoms. The van der Waals surface area contributed by atoms with Crippen molar-refractivity contribution in [1.29, 1.82) is 0 Å². The Kier molecular flexibility index (Phi) is 5.77. The van der Waals surface area contributed by atoms with Gasteiger partial charge in [0.25, 0.3) is 5.91 Å². The predicted octanol–water partition coefficient (Wildman–Crippen LogP) is 3.22. The van der Waals surface area contributed by atoms with E-state index >= 15 is 0 Å². The van der Waals surface area contributed by atoms with Crippen LogP contribution < -0.4 is 14.9 Å². The highest BCUT2D eigenvalue weighted by Gasteiger charge is 2.17. The molecule has 1 aromatic heterocycles. The maximum Gasteiger partial charge on any atom is 0.253 e. The zero-order valence-electron chi connectivity index (χ0n) is 14.4. The van der Waals surface area contributed by atoms with Gasteiger partial charge in [0.05, 0.1) is 11.5 Å². The van der Waals surface area contributed by atoms with Gasteiger partial charge in [-0.3, -0.25) is 4.79 Å². The Morgan fingerprint density at radius 2 is 1.92 bits per heavy atom. The molecule has 1 aliphatic rings. The molecule has 3 rings (SSSR count). The molecule has 1 amide bonds. The minimum atomic E-state index is -0.381. The first-order chi connectivity index (χ1) is 12.4. The molecule has 0 radical (unpaired) electrons. The van der Waals surface area contributed by atoms with Gasteiger partial charge in [0, 0.05) is 21.4 Å². The molecule has 2 aromatic rings. The Morgan fingerprint density at radius 3 is 2.62 bits per heavy atom. The average Bonchev–Trinajstić information content (AvgIpc) is 3.00. The third kappa shape index (κ3) is 4.53. The van der Waals surface area contributed by atoms with Crippen LogP contribution in [0.5, 0.6) is 11.5 Å². The van der Waals surface area contributed by atoms with Gasteiger partial charge in [-0.25, -0.2) is 15.4 Å². The second kappa shape index (κ2) is 8.05. The number of hydrogen-bond acceptors (Lipinski definition) is 7. The molecule has 1 atom stereocenters. The molecule has 136 valence electrons. The minimum Gasteiger partial charge on any atom is -0.454 e. The van der Waals surface area contributed by atoms with Gasteiger partial charge in [-0.15, -0.1) is 0 Å². The van der Waals surface area contributed by atoms with Gasteiger partial charge in [-0.2, -0.15) is 5.10 Å². The number of rotatable bonds is 5. The normalized spacial score (nSPS) is 13.8. The maximum atomic E-state index is 12.2. The number of nitrogens with one attached hydrogen (secondary N) is 1. The third-order valence-corrected chi connectivity index (χ3v) is 5.13. The van der Waals surface area contributed by atoms with Crippen molar-refractivity contribution in [2.75, 3.05) is 6.79 Å². The molecule has 2 heterocycles. The number of aromatic nitrogens is 2. The molecule has 0 aliphatic carbocycles. The standard InChI is InChI=1S/C17H17BrN4O3S/c1-9-4-10(2)21-17(20-9)26-11(3)16(23)22-19-7-12-5-14-15(6-13(12)18)25-8-24-14/h4-7,11H,8H2,1-3H3,(H,22,23)/t11-/m0/s1. The first-order valence-corrected chi connectivity index (χ1v) is 9.50. The summed E-state index contributed by atoms with van der Waals surface area (Å²) < 4.78 is 11.4. The number of carbonyl (C=O) groups is 1. The zero-order valence-corrected chi connectivity index (χ0v) is 16.8. The van der Waals surface area contributed by atoms with Gasteiger partial charge in [0.2, 0.25) is 6.79 Å². The number of hydrazone groups is 1. The highest BCUT2D eigenvalue weighted by molar-refractivity contribution is 9.10. The van der Waals surface area contributed by atoms with Gasteiger partial charge >= 0.3 is 0 Å². The molecule has 1 aliphatic heterocycles. The van der Waals surface area contributed by atoms with E-state index in [4.69, 9.17) is 9.47 Å². The van der Waals surface area contributed by atoms with Crippen molar-refractivity contribution in [2.45, 2.75) is 31.2 Å². The van der Waals surface area contributed by atoms with E-state index in [2.05, 4.69) is 36.4 Å². The van der Waals surface area contributed by atoms with E-state index in [1.165, 1.54) is 11.8 Å².